The van der Waals surface area contributed by atoms with Crippen LogP contribution in [-0.4, -0.2) is 101 Å². The van der Waals surface area contributed by atoms with E-state index in [2.05, 4.69) is 36.4 Å². The number of carbonyl (C=O) groups is 2. The van der Waals surface area contributed by atoms with E-state index in [0.29, 0.717) is 37.8 Å². The van der Waals surface area contributed by atoms with Crippen molar-refractivity contribution in [3.8, 4) is 0 Å². The number of hydrogen-bond donors (Lipinski definition) is 2. The van der Waals surface area contributed by atoms with Crippen molar-refractivity contribution in [3.05, 3.63) is 56.3 Å². The summed E-state index contributed by atoms with van der Waals surface area (Å²) in [6, 6.07) is 2.45. The molecule has 1 aromatic carbocycles. The summed E-state index contributed by atoms with van der Waals surface area (Å²) >= 11 is 3.23. The SMILES string of the molecule is CNc1cncc(C(=O)N2CC(Nc3c(C(=O)N4CCN(CC5CC5)CC4)cc(Br)cc3[N+](=O)[O-])C(F)(F)C2)c1. The molecule has 14 heteroatoms. The number of nitro groups is 1. The second kappa shape index (κ2) is 11.2. The summed E-state index contributed by atoms with van der Waals surface area (Å²) in [7, 11) is 1.65. The van der Waals surface area contributed by atoms with Crippen LogP contribution in [0.3, 0.4) is 0 Å². The standard InChI is InChI=1S/C26H30BrF2N7O4/c1-30-19-8-17(11-31-12-19)24(37)35-14-22(26(28,29)15-35)32-23-20(9-18(27)10-21(23)36(39)40)25(38)34-6-4-33(5-7-34)13-16-2-3-16/h8-12,16,22,30,32H,2-7,13-15H2,1H3. The van der Waals surface area contributed by atoms with E-state index in [0.717, 1.165) is 11.4 Å². The second-order valence-electron chi connectivity index (χ2n) is 10.5. The van der Waals surface area contributed by atoms with Gasteiger partial charge in [0.2, 0.25) is 0 Å². The summed E-state index contributed by atoms with van der Waals surface area (Å²) < 4.78 is 30.8. The topological polar surface area (TPSA) is 124 Å². The van der Waals surface area contributed by atoms with E-state index < -0.39 is 47.5 Å². The maximum atomic E-state index is 15.3. The van der Waals surface area contributed by atoms with Gasteiger partial charge in [0.1, 0.15) is 11.7 Å². The predicted molar refractivity (Wildman–Crippen MR) is 148 cm³/mol. The molecule has 0 bridgehead atoms. The number of nitrogens with one attached hydrogen (secondary N) is 2. The minimum atomic E-state index is -3.42. The highest BCUT2D eigenvalue weighted by Crippen LogP contribution is 2.38. The Morgan fingerprint density at radius 1 is 1.12 bits per heavy atom. The number of likely N-dealkylation sites (tertiary alicyclic amines) is 1. The molecule has 40 heavy (non-hydrogen) atoms. The minimum absolute atomic E-state index is 0.0665. The number of pyridine rings is 1. The first-order valence-electron chi connectivity index (χ1n) is 13.1. The molecular weight excluding hydrogens is 592 g/mol. The van der Waals surface area contributed by atoms with E-state index in [9.17, 15) is 19.7 Å². The third-order valence-electron chi connectivity index (χ3n) is 7.58. The van der Waals surface area contributed by atoms with Gasteiger partial charge in [-0.2, -0.15) is 0 Å². The van der Waals surface area contributed by atoms with Gasteiger partial charge in [-0.1, -0.05) is 15.9 Å². The second-order valence-corrected chi connectivity index (χ2v) is 11.4. The fraction of sp³-hybridized carbons (Fsp3) is 0.500. The highest BCUT2D eigenvalue weighted by Gasteiger charge is 2.51. The highest BCUT2D eigenvalue weighted by molar-refractivity contribution is 9.10. The van der Waals surface area contributed by atoms with Gasteiger partial charge in [-0.15, -0.1) is 0 Å². The maximum absolute atomic E-state index is 15.3. The lowest BCUT2D eigenvalue weighted by atomic mass is 10.1. The number of halogens is 3. The van der Waals surface area contributed by atoms with E-state index in [1.807, 2.05) is 0 Å². The van der Waals surface area contributed by atoms with Crippen LogP contribution >= 0.6 is 15.9 Å². The Labute approximate surface area is 238 Å². The number of piperazine rings is 1. The van der Waals surface area contributed by atoms with Gasteiger partial charge in [0.05, 0.1) is 28.3 Å². The van der Waals surface area contributed by atoms with Crippen molar-refractivity contribution in [2.75, 3.05) is 63.5 Å². The fourth-order valence-electron chi connectivity index (χ4n) is 5.17. The Bertz CT molecular complexity index is 1320. The monoisotopic (exact) mass is 621 g/mol. The van der Waals surface area contributed by atoms with Crippen LogP contribution in [0.4, 0.5) is 25.8 Å². The van der Waals surface area contributed by atoms with Crippen LogP contribution in [0.2, 0.25) is 0 Å². The predicted octanol–water partition coefficient (Wildman–Crippen LogP) is 3.53. The van der Waals surface area contributed by atoms with Crippen LogP contribution in [0.25, 0.3) is 0 Å². The molecule has 2 aromatic rings. The van der Waals surface area contributed by atoms with Gasteiger partial charge in [0.15, 0.2) is 0 Å². The average molecular weight is 622 g/mol. The van der Waals surface area contributed by atoms with Gasteiger partial charge < -0.3 is 20.4 Å². The normalized spacial score (nSPS) is 20.9. The number of benzene rings is 1. The molecule has 11 nitrogen and oxygen atoms in total. The number of carbonyl (C=O) groups excluding carboxylic acids is 2. The smallest absolute Gasteiger partial charge is 0.294 e. The molecule has 1 unspecified atom stereocenters. The quantitative estimate of drug-likeness (QED) is 0.339. The van der Waals surface area contributed by atoms with Crippen LogP contribution in [0.5, 0.6) is 0 Å². The Hall–Kier alpha value is -3.39. The van der Waals surface area contributed by atoms with Gasteiger partial charge in [-0.3, -0.25) is 29.6 Å². The maximum Gasteiger partial charge on any atom is 0.294 e. The summed E-state index contributed by atoms with van der Waals surface area (Å²) in [6.07, 6.45) is 5.24. The molecule has 1 aromatic heterocycles. The van der Waals surface area contributed by atoms with Gasteiger partial charge in [0.25, 0.3) is 23.4 Å². The van der Waals surface area contributed by atoms with Crippen LogP contribution in [0.15, 0.2) is 35.1 Å². The minimum Gasteiger partial charge on any atom is -0.387 e. The number of amides is 2. The van der Waals surface area contributed by atoms with Crippen LogP contribution < -0.4 is 10.6 Å². The van der Waals surface area contributed by atoms with Crippen molar-refractivity contribution in [3.63, 3.8) is 0 Å². The van der Waals surface area contributed by atoms with Crippen molar-refractivity contribution in [1.29, 1.82) is 0 Å². The van der Waals surface area contributed by atoms with Crippen molar-refractivity contribution < 1.29 is 23.3 Å². The van der Waals surface area contributed by atoms with E-state index in [1.54, 1.807) is 11.9 Å². The van der Waals surface area contributed by atoms with Gasteiger partial charge >= 0.3 is 0 Å². The summed E-state index contributed by atoms with van der Waals surface area (Å²) in [6.45, 7) is 1.93. The number of alkyl halides is 2. The van der Waals surface area contributed by atoms with Crippen molar-refractivity contribution >= 4 is 44.8 Å². The van der Waals surface area contributed by atoms with E-state index in [-0.39, 0.29) is 21.3 Å². The zero-order valence-corrected chi connectivity index (χ0v) is 23.5. The molecule has 2 saturated heterocycles. The molecule has 2 N–H and O–H groups in total. The molecule has 0 radical (unpaired) electrons. The Morgan fingerprint density at radius 3 is 2.50 bits per heavy atom. The van der Waals surface area contributed by atoms with E-state index in [4.69, 9.17) is 0 Å². The highest BCUT2D eigenvalue weighted by atomic mass is 79.9. The molecule has 1 atom stereocenters. The zero-order chi connectivity index (χ0) is 28.6. The summed E-state index contributed by atoms with van der Waals surface area (Å²) in [5, 5.41) is 17.4. The molecule has 3 heterocycles. The Kier molecular flexibility index (Phi) is 7.91. The molecule has 5 rings (SSSR count). The zero-order valence-electron chi connectivity index (χ0n) is 21.9. The van der Waals surface area contributed by atoms with Crippen molar-refractivity contribution in [1.82, 2.24) is 19.7 Å². The van der Waals surface area contributed by atoms with E-state index in [1.165, 1.54) is 43.4 Å². The number of anilines is 2. The largest absolute Gasteiger partial charge is 0.387 e. The Morgan fingerprint density at radius 2 is 1.85 bits per heavy atom. The van der Waals surface area contributed by atoms with Gasteiger partial charge in [-0.05, 0) is 30.9 Å². The number of aromatic nitrogens is 1. The van der Waals surface area contributed by atoms with Crippen molar-refractivity contribution in [2.45, 2.75) is 24.8 Å². The lowest BCUT2D eigenvalue weighted by Crippen LogP contribution is -2.49. The first kappa shape index (κ1) is 28.1. The lowest BCUT2D eigenvalue weighted by molar-refractivity contribution is -0.384. The lowest BCUT2D eigenvalue weighted by Gasteiger charge is -2.35. The molecular formula is C26H30BrF2N7O4. The van der Waals surface area contributed by atoms with Crippen molar-refractivity contribution in [2.24, 2.45) is 5.92 Å². The van der Waals surface area contributed by atoms with Crippen LogP contribution in [-0.2, 0) is 0 Å². The fourth-order valence-corrected chi connectivity index (χ4v) is 5.61. The molecule has 2 aliphatic heterocycles. The average Bonchev–Trinajstić information content (AvgIpc) is 3.70. The molecule has 214 valence electrons. The molecule has 1 saturated carbocycles. The van der Waals surface area contributed by atoms with Gasteiger partial charge in [-0.25, -0.2) is 8.78 Å². The molecule has 0 spiro atoms. The van der Waals surface area contributed by atoms with Crippen LogP contribution in [0.1, 0.15) is 33.6 Å². The van der Waals surface area contributed by atoms with Crippen LogP contribution in [0, 0.1) is 16.0 Å². The first-order chi connectivity index (χ1) is 19.1. The Balaban J connectivity index is 1.38. The summed E-state index contributed by atoms with van der Waals surface area (Å²) in [4.78, 5) is 46.7. The molecule has 2 amide bonds. The third kappa shape index (κ3) is 6.02. The van der Waals surface area contributed by atoms with Gasteiger partial charge in [0, 0.05) is 69.2 Å². The third-order valence-corrected chi connectivity index (χ3v) is 8.03. The summed E-state index contributed by atoms with van der Waals surface area (Å²) in [5.41, 5.74) is -0.167. The number of nitro benzene ring substituents is 1. The van der Waals surface area contributed by atoms with E-state index >= 15 is 8.78 Å². The summed E-state index contributed by atoms with van der Waals surface area (Å²) in [5.74, 6) is -3.81. The molecule has 3 aliphatic rings. The first-order valence-corrected chi connectivity index (χ1v) is 13.9. The molecule has 3 fully saturated rings. The number of rotatable bonds is 8. The number of nitrogens with zero attached hydrogens (tertiary/aromatic N) is 5. The molecule has 1 aliphatic carbocycles. The number of hydrogen-bond acceptors (Lipinski definition) is 8.